The van der Waals surface area contributed by atoms with Gasteiger partial charge in [0, 0.05) is 24.6 Å². The Morgan fingerprint density at radius 1 is 1.15 bits per heavy atom. The number of aromatic nitrogens is 2. The van der Waals surface area contributed by atoms with E-state index in [-0.39, 0.29) is 5.82 Å². The minimum atomic E-state index is -0.251. The Hall–Kier alpha value is -1.97. The quantitative estimate of drug-likeness (QED) is 0.895. The minimum absolute atomic E-state index is 0.251. The van der Waals surface area contributed by atoms with E-state index in [1.807, 2.05) is 19.9 Å². The van der Waals surface area contributed by atoms with Gasteiger partial charge in [-0.05, 0) is 32.4 Å². The zero-order chi connectivity index (χ0) is 14.5. The Bertz CT molecular complexity index is 572. The van der Waals surface area contributed by atoms with Crippen LogP contribution >= 0.6 is 0 Å². The van der Waals surface area contributed by atoms with Gasteiger partial charge in [0.25, 0.3) is 0 Å². The summed E-state index contributed by atoms with van der Waals surface area (Å²) < 4.78 is 14.0. The third-order valence-electron chi connectivity index (χ3n) is 3.00. The Balaban J connectivity index is 2.51. The summed E-state index contributed by atoms with van der Waals surface area (Å²) in [4.78, 5) is 8.93. The van der Waals surface area contributed by atoms with Crippen LogP contribution in [-0.2, 0) is 6.42 Å². The van der Waals surface area contributed by atoms with Crippen molar-refractivity contribution >= 4 is 5.82 Å². The maximum absolute atomic E-state index is 14.0. The molecule has 4 heteroatoms. The molecule has 0 saturated carbocycles. The highest BCUT2D eigenvalue weighted by molar-refractivity contribution is 5.64. The Morgan fingerprint density at radius 3 is 2.65 bits per heavy atom. The molecular formula is C16H20FN3. The molecule has 2 rings (SSSR count). The fraction of sp³-hybridized carbons (Fsp3) is 0.375. The molecule has 0 spiro atoms. The average Bonchev–Trinajstić information content (AvgIpc) is 2.42. The molecule has 1 heterocycles. The van der Waals surface area contributed by atoms with Crippen LogP contribution in [0.25, 0.3) is 11.3 Å². The molecule has 0 amide bonds. The molecule has 0 aliphatic heterocycles. The normalized spacial score (nSPS) is 10.6. The van der Waals surface area contributed by atoms with Gasteiger partial charge in [-0.15, -0.1) is 0 Å². The summed E-state index contributed by atoms with van der Waals surface area (Å²) in [7, 11) is 0. The van der Waals surface area contributed by atoms with Gasteiger partial charge in [-0.25, -0.2) is 14.4 Å². The lowest BCUT2D eigenvalue weighted by Gasteiger charge is -2.10. The van der Waals surface area contributed by atoms with E-state index in [2.05, 4.69) is 22.2 Å². The number of hydrogen-bond acceptors (Lipinski definition) is 3. The van der Waals surface area contributed by atoms with Crippen LogP contribution in [-0.4, -0.2) is 16.5 Å². The third kappa shape index (κ3) is 3.32. The molecule has 1 aromatic heterocycles. The van der Waals surface area contributed by atoms with Crippen LogP contribution in [0, 0.1) is 12.7 Å². The van der Waals surface area contributed by atoms with Gasteiger partial charge in [0.1, 0.15) is 17.5 Å². The first kappa shape index (κ1) is 14.4. The van der Waals surface area contributed by atoms with E-state index in [0.29, 0.717) is 11.3 Å². The lowest BCUT2D eigenvalue weighted by atomic mass is 10.1. The molecule has 0 saturated heterocycles. The van der Waals surface area contributed by atoms with Crippen LogP contribution in [0.2, 0.25) is 0 Å². The van der Waals surface area contributed by atoms with Crippen LogP contribution in [0.1, 0.15) is 31.7 Å². The second-order valence-corrected chi connectivity index (χ2v) is 4.82. The molecule has 1 aromatic carbocycles. The summed E-state index contributed by atoms with van der Waals surface area (Å²) in [5.41, 5.74) is 2.19. The standard InChI is InChI=1S/C16H20FN3/c1-4-6-15-19-14(10-16(20-15)18-5-2)12-9-11(3)7-8-13(12)17/h7-10H,4-6H2,1-3H3,(H,18,19,20). The molecule has 3 nitrogen and oxygen atoms in total. The Morgan fingerprint density at radius 2 is 1.95 bits per heavy atom. The average molecular weight is 273 g/mol. The van der Waals surface area contributed by atoms with Crippen LogP contribution in [0.5, 0.6) is 0 Å². The molecule has 0 fully saturated rings. The van der Waals surface area contributed by atoms with E-state index in [4.69, 9.17) is 0 Å². The summed E-state index contributed by atoms with van der Waals surface area (Å²) >= 11 is 0. The Kier molecular flexibility index (Phi) is 4.66. The van der Waals surface area contributed by atoms with Crippen LogP contribution < -0.4 is 5.32 Å². The van der Waals surface area contributed by atoms with Gasteiger partial charge >= 0.3 is 0 Å². The number of benzene rings is 1. The van der Waals surface area contributed by atoms with Crippen molar-refractivity contribution in [2.75, 3.05) is 11.9 Å². The van der Waals surface area contributed by atoms with Gasteiger partial charge in [-0.3, -0.25) is 0 Å². The number of hydrogen-bond donors (Lipinski definition) is 1. The zero-order valence-electron chi connectivity index (χ0n) is 12.2. The van der Waals surface area contributed by atoms with E-state index in [9.17, 15) is 4.39 Å². The zero-order valence-corrected chi connectivity index (χ0v) is 12.2. The van der Waals surface area contributed by atoms with Gasteiger partial charge in [0.05, 0.1) is 5.69 Å². The molecule has 106 valence electrons. The number of nitrogens with zero attached hydrogens (tertiary/aromatic N) is 2. The molecule has 0 aliphatic rings. The smallest absolute Gasteiger partial charge is 0.132 e. The molecule has 0 atom stereocenters. The molecule has 0 bridgehead atoms. The second-order valence-electron chi connectivity index (χ2n) is 4.82. The summed E-state index contributed by atoms with van der Waals surface area (Å²) in [6, 6.07) is 6.88. The van der Waals surface area contributed by atoms with Gasteiger partial charge in [0.2, 0.25) is 0 Å². The van der Waals surface area contributed by atoms with Crippen molar-refractivity contribution < 1.29 is 4.39 Å². The highest BCUT2D eigenvalue weighted by Gasteiger charge is 2.10. The highest BCUT2D eigenvalue weighted by atomic mass is 19.1. The molecule has 0 radical (unpaired) electrons. The first-order chi connectivity index (χ1) is 9.63. The summed E-state index contributed by atoms with van der Waals surface area (Å²) in [5, 5.41) is 3.18. The molecule has 2 aromatic rings. The summed E-state index contributed by atoms with van der Waals surface area (Å²) in [6.07, 6.45) is 1.75. The molecule has 0 aliphatic carbocycles. The molecule has 0 unspecified atom stereocenters. The first-order valence-electron chi connectivity index (χ1n) is 7.02. The highest BCUT2D eigenvalue weighted by Crippen LogP contribution is 2.24. The predicted octanol–water partition coefficient (Wildman–Crippen LogP) is 3.98. The van der Waals surface area contributed by atoms with Crippen LogP contribution in [0.4, 0.5) is 10.2 Å². The number of nitrogens with one attached hydrogen (secondary N) is 1. The lowest BCUT2D eigenvalue weighted by Crippen LogP contribution is -2.05. The van der Waals surface area contributed by atoms with Crippen molar-refractivity contribution in [1.29, 1.82) is 0 Å². The second kappa shape index (κ2) is 6.46. The van der Waals surface area contributed by atoms with Crippen LogP contribution in [0.15, 0.2) is 24.3 Å². The van der Waals surface area contributed by atoms with Gasteiger partial charge in [-0.2, -0.15) is 0 Å². The van der Waals surface area contributed by atoms with Crippen molar-refractivity contribution in [2.24, 2.45) is 0 Å². The molecular weight excluding hydrogens is 253 g/mol. The maximum atomic E-state index is 14.0. The molecule has 20 heavy (non-hydrogen) atoms. The van der Waals surface area contributed by atoms with Crippen molar-refractivity contribution in [3.05, 3.63) is 41.5 Å². The number of halogens is 1. The lowest BCUT2D eigenvalue weighted by molar-refractivity contribution is 0.630. The SMILES string of the molecule is CCCc1nc(NCC)cc(-c2cc(C)ccc2F)n1. The van der Waals surface area contributed by atoms with Gasteiger partial charge in [0.15, 0.2) is 0 Å². The van der Waals surface area contributed by atoms with Gasteiger partial charge < -0.3 is 5.32 Å². The van der Waals surface area contributed by atoms with E-state index in [0.717, 1.165) is 36.6 Å². The van der Waals surface area contributed by atoms with Crippen LogP contribution in [0.3, 0.4) is 0 Å². The van der Waals surface area contributed by atoms with Gasteiger partial charge in [-0.1, -0.05) is 18.6 Å². The largest absolute Gasteiger partial charge is 0.370 e. The fourth-order valence-corrected chi connectivity index (χ4v) is 2.08. The Labute approximate surface area is 119 Å². The number of anilines is 1. The monoisotopic (exact) mass is 273 g/mol. The predicted molar refractivity (Wildman–Crippen MR) is 80.3 cm³/mol. The van der Waals surface area contributed by atoms with E-state index in [1.54, 1.807) is 12.1 Å². The third-order valence-corrected chi connectivity index (χ3v) is 3.00. The number of aryl methyl sites for hydroxylation is 2. The van der Waals surface area contributed by atoms with Crippen molar-refractivity contribution in [3.63, 3.8) is 0 Å². The fourth-order valence-electron chi connectivity index (χ4n) is 2.08. The van der Waals surface area contributed by atoms with E-state index >= 15 is 0 Å². The number of rotatable bonds is 5. The van der Waals surface area contributed by atoms with Crippen molar-refractivity contribution in [2.45, 2.75) is 33.6 Å². The molecule has 1 N–H and O–H groups in total. The van der Waals surface area contributed by atoms with Crippen molar-refractivity contribution in [3.8, 4) is 11.3 Å². The van der Waals surface area contributed by atoms with E-state index < -0.39 is 0 Å². The maximum Gasteiger partial charge on any atom is 0.132 e. The first-order valence-corrected chi connectivity index (χ1v) is 7.02. The van der Waals surface area contributed by atoms with Crippen molar-refractivity contribution in [1.82, 2.24) is 9.97 Å². The topological polar surface area (TPSA) is 37.8 Å². The van der Waals surface area contributed by atoms with E-state index in [1.165, 1.54) is 6.07 Å². The summed E-state index contributed by atoms with van der Waals surface area (Å²) in [5.74, 6) is 1.25. The summed E-state index contributed by atoms with van der Waals surface area (Å²) in [6.45, 7) is 6.81. The minimum Gasteiger partial charge on any atom is -0.370 e.